The van der Waals surface area contributed by atoms with Crippen LogP contribution in [0.25, 0.3) is 11.1 Å². The summed E-state index contributed by atoms with van der Waals surface area (Å²) >= 11 is 0. The molecule has 4 aromatic carbocycles. The molecule has 4 aromatic rings. The molecule has 0 saturated carbocycles. The zero-order valence-corrected chi connectivity index (χ0v) is 22.6. The van der Waals surface area contributed by atoms with Crippen molar-refractivity contribution in [2.24, 2.45) is 0 Å². The second kappa shape index (κ2) is 12.6. The zero-order chi connectivity index (χ0) is 28.8. The number of carbonyl (C=O) groups is 3. The first-order valence-electron chi connectivity index (χ1n) is 13.7. The van der Waals surface area contributed by atoms with E-state index in [2.05, 4.69) is 0 Å². The van der Waals surface area contributed by atoms with Crippen molar-refractivity contribution in [3.8, 4) is 11.1 Å². The molecule has 2 N–H and O–H groups in total. The Hall–Kier alpha value is -4.75. The van der Waals surface area contributed by atoms with Gasteiger partial charge in [-0.05, 0) is 46.4 Å². The van der Waals surface area contributed by atoms with E-state index < -0.39 is 5.97 Å². The van der Waals surface area contributed by atoms with Crippen LogP contribution in [0, 0.1) is 0 Å². The molecule has 0 radical (unpaired) electrons. The van der Waals surface area contributed by atoms with Crippen LogP contribution >= 0.6 is 0 Å². The summed E-state index contributed by atoms with van der Waals surface area (Å²) < 4.78 is 0. The van der Waals surface area contributed by atoms with Crippen LogP contribution in [0.3, 0.4) is 0 Å². The van der Waals surface area contributed by atoms with Gasteiger partial charge in [0.05, 0.1) is 19.1 Å². The summed E-state index contributed by atoms with van der Waals surface area (Å²) in [6, 6.07) is 31.3. The fraction of sp³-hybridized carbons (Fsp3) is 0.206. The van der Waals surface area contributed by atoms with Crippen LogP contribution < -0.4 is 0 Å². The molecule has 1 atom stereocenters. The number of amides is 2. The summed E-state index contributed by atoms with van der Waals surface area (Å²) in [6.45, 7) is 0.529. The summed E-state index contributed by atoms with van der Waals surface area (Å²) in [7, 11) is 0. The third-order valence-corrected chi connectivity index (χ3v) is 7.53. The number of aliphatic hydroxyl groups is 1. The van der Waals surface area contributed by atoms with Crippen molar-refractivity contribution in [2.75, 3.05) is 13.2 Å². The van der Waals surface area contributed by atoms with Crippen molar-refractivity contribution in [3.05, 3.63) is 131 Å². The third kappa shape index (κ3) is 6.21. The van der Waals surface area contributed by atoms with Crippen LogP contribution in [0.2, 0.25) is 0 Å². The number of hydrogen-bond donors (Lipinski definition) is 2. The largest absolute Gasteiger partial charge is 0.481 e. The normalized spacial score (nSPS) is 14.3. The van der Waals surface area contributed by atoms with Gasteiger partial charge in [-0.15, -0.1) is 0 Å². The molecule has 1 aliphatic rings. The molecule has 1 heterocycles. The lowest BCUT2D eigenvalue weighted by molar-refractivity contribution is -0.137. The maximum atomic E-state index is 14.1. The summed E-state index contributed by atoms with van der Waals surface area (Å²) in [6.07, 6.45) is 0.377. The van der Waals surface area contributed by atoms with Gasteiger partial charge in [0.1, 0.15) is 0 Å². The van der Waals surface area contributed by atoms with Crippen LogP contribution in [0.4, 0.5) is 0 Å². The fourth-order valence-electron chi connectivity index (χ4n) is 5.41. The van der Waals surface area contributed by atoms with Crippen molar-refractivity contribution >= 4 is 17.8 Å². The molecular formula is C34H32N2O5. The molecule has 0 fully saturated rings. The average Bonchev–Trinajstić information content (AvgIpc) is 3.02. The van der Waals surface area contributed by atoms with Gasteiger partial charge in [0.25, 0.3) is 11.8 Å². The molecule has 0 spiro atoms. The van der Waals surface area contributed by atoms with E-state index >= 15 is 0 Å². The lowest BCUT2D eigenvalue weighted by Gasteiger charge is -2.36. The Bertz CT molecular complexity index is 1550. The second-order valence-corrected chi connectivity index (χ2v) is 10.2. The Morgan fingerprint density at radius 2 is 1.34 bits per heavy atom. The quantitative estimate of drug-likeness (QED) is 0.306. The van der Waals surface area contributed by atoms with E-state index in [9.17, 15) is 24.6 Å². The summed E-state index contributed by atoms with van der Waals surface area (Å²) in [5, 5.41) is 19.5. The maximum Gasteiger partial charge on any atom is 0.305 e. The third-order valence-electron chi connectivity index (χ3n) is 7.53. The van der Waals surface area contributed by atoms with Crippen molar-refractivity contribution in [1.82, 2.24) is 9.80 Å². The number of fused-ring (bicyclic) bond motifs is 1. The van der Waals surface area contributed by atoms with E-state index in [1.807, 2.05) is 78.9 Å². The highest BCUT2D eigenvalue weighted by Crippen LogP contribution is 2.32. The van der Waals surface area contributed by atoms with Crippen molar-refractivity contribution < 1.29 is 24.6 Å². The lowest BCUT2D eigenvalue weighted by Crippen LogP contribution is -2.46. The number of aliphatic hydroxyl groups excluding tert-OH is 1. The number of carboxylic acids is 1. The van der Waals surface area contributed by atoms with Crippen LogP contribution in [0.1, 0.15) is 43.8 Å². The number of benzene rings is 4. The molecule has 1 aliphatic heterocycles. The van der Waals surface area contributed by atoms with Gasteiger partial charge in [-0.3, -0.25) is 14.4 Å². The zero-order valence-electron chi connectivity index (χ0n) is 22.6. The highest BCUT2D eigenvalue weighted by atomic mass is 16.4. The molecule has 2 amide bonds. The first kappa shape index (κ1) is 27.8. The van der Waals surface area contributed by atoms with Crippen molar-refractivity contribution in [3.63, 3.8) is 0 Å². The summed E-state index contributed by atoms with van der Waals surface area (Å²) in [5.41, 5.74) is 5.08. The van der Waals surface area contributed by atoms with E-state index in [1.165, 1.54) is 4.90 Å². The molecule has 208 valence electrons. The topological polar surface area (TPSA) is 98.2 Å². The lowest BCUT2D eigenvalue weighted by atomic mass is 9.91. The van der Waals surface area contributed by atoms with Gasteiger partial charge in [0.15, 0.2) is 0 Å². The van der Waals surface area contributed by atoms with E-state index in [0.29, 0.717) is 35.2 Å². The number of rotatable bonds is 9. The Morgan fingerprint density at radius 3 is 2.02 bits per heavy atom. The van der Waals surface area contributed by atoms with Gasteiger partial charge in [0.2, 0.25) is 0 Å². The molecule has 0 saturated heterocycles. The average molecular weight is 549 g/mol. The number of hydrogen-bond acceptors (Lipinski definition) is 4. The van der Waals surface area contributed by atoms with Gasteiger partial charge in [-0.2, -0.15) is 0 Å². The van der Waals surface area contributed by atoms with Crippen LogP contribution in [0.15, 0.2) is 103 Å². The van der Waals surface area contributed by atoms with E-state index in [4.69, 9.17) is 0 Å². The number of carbonyl (C=O) groups excluding carboxylic acids is 2. The minimum absolute atomic E-state index is 0.0450. The number of aliphatic carboxylic acids is 1. The van der Waals surface area contributed by atoms with Gasteiger partial charge in [-0.1, -0.05) is 91.0 Å². The summed E-state index contributed by atoms with van der Waals surface area (Å²) in [5.74, 6) is -1.52. The number of nitrogens with zero attached hydrogens (tertiary/aromatic N) is 2. The van der Waals surface area contributed by atoms with Gasteiger partial charge in [0, 0.05) is 30.8 Å². The molecule has 7 heteroatoms. The van der Waals surface area contributed by atoms with E-state index in [1.54, 1.807) is 29.2 Å². The molecule has 0 bridgehead atoms. The van der Waals surface area contributed by atoms with Crippen molar-refractivity contribution in [2.45, 2.75) is 32.0 Å². The Labute approximate surface area is 239 Å². The first-order chi connectivity index (χ1) is 20.0. The Kier molecular flexibility index (Phi) is 8.56. The molecule has 7 nitrogen and oxygen atoms in total. The summed E-state index contributed by atoms with van der Waals surface area (Å²) in [4.78, 5) is 42.7. The van der Waals surface area contributed by atoms with Crippen LogP contribution in [-0.2, 0) is 24.3 Å². The van der Waals surface area contributed by atoms with Gasteiger partial charge in [-0.25, -0.2) is 0 Å². The molecular weight excluding hydrogens is 516 g/mol. The van der Waals surface area contributed by atoms with Crippen molar-refractivity contribution in [1.29, 1.82) is 0 Å². The SMILES string of the molecule is O=C(O)CCN(Cc1ccccc1)C(=O)c1ccccc1-c1ccccc1C(=O)N1Cc2ccccc2C[C@H]1CO. The molecule has 0 unspecified atom stereocenters. The fourth-order valence-corrected chi connectivity index (χ4v) is 5.41. The monoisotopic (exact) mass is 548 g/mol. The van der Waals surface area contributed by atoms with Crippen LogP contribution in [0.5, 0.6) is 0 Å². The Balaban J connectivity index is 1.50. The molecule has 0 aliphatic carbocycles. The standard InChI is InChI=1S/C34H32N2O5/c37-23-27-20-25-12-4-5-13-26(25)22-36(27)34(41)31-17-9-7-15-29(31)28-14-6-8-16-30(28)33(40)35(19-18-32(38)39)21-24-10-2-1-3-11-24/h1-17,27,37H,18-23H2,(H,38,39)/t27-/m0/s1. The van der Waals surface area contributed by atoms with E-state index in [-0.39, 0.29) is 44.0 Å². The predicted octanol–water partition coefficient (Wildman–Crippen LogP) is 5.03. The van der Waals surface area contributed by atoms with Crippen LogP contribution in [-0.4, -0.2) is 57.0 Å². The maximum absolute atomic E-state index is 14.1. The second-order valence-electron chi connectivity index (χ2n) is 10.2. The highest BCUT2D eigenvalue weighted by Gasteiger charge is 2.31. The molecule has 0 aromatic heterocycles. The highest BCUT2D eigenvalue weighted by molar-refractivity contribution is 6.06. The smallest absolute Gasteiger partial charge is 0.305 e. The molecule has 5 rings (SSSR count). The minimum atomic E-state index is -0.985. The predicted molar refractivity (Wildman–Crippen MR) is 156 cm³/mol. The van der Waals surface area contributed by atoms with Gasteiger partial charge < -0.3 is 20.0 Å². The van der Waals surface area contributed by atoms with E-state index in [0.717, 1.165) is 16.7 Å². The molecule has 41 heavy (non-hydrogen) atoms. The number of carboxylic acid groups (broad SMARTS) is 1. The minimum Gasteiger partial charge on any atom is -0.481 e. The Morgan fingerprint density at radius 1 is 0.756 bits per heavy atom. The van der Waals surface area contributed by atoms with Gasteiger partial charge >= 0.3 is 5.97 Å². The first-order valence-corrected chi connectivity index (χ1v) is 13.7.